The number of nitrogens with zero attached hydrogens (tertiary/aromatic N) is 1. The number of hydrogen-bond acceptors (Lipinski definition) is 4. The third kappa shape index (κ3) is 4.97. The molecule has 3 aliphatic rings. The summed E-state index contributed by atoms with van der Waals surface area (Å²) in [6.45, 7) is 3.51. The summed E-state index contributed by atoms with van der Waals surface area (Å²) in [6.07, 6.45) is 6.82. The maximum atomic E-state index is 12.0. The number of carbonyl (C=O) groups excluding carboxylic acids is 2. The van der Waals surface area contributed by atoms with Crippen molar-refractivity contribution in [3.63, 3.8) is 0 Å². The minimum Gasteiger partial charge on any atom is -0.335 e. The lowest BCUT2D eigenvalue weighted by atomic mass is 9.97. The summed E-state index contributed by atoms with van der Waals surface area (Å²) in [4.78, 5) is 25.9. The van der Waals surface area contributed by atoms with E-state index in [1.54, 1.807) is 0 Å². The summed E-state index contributed by atoms with van der Waals surface area (Å²) in [5.41, 5.74) is 0. The molecule has 0 radical (unpaired) electrons. The van der Waals surface area contributed by atoms with Crippen LogP contribution in [0.5, 0.6) is 0 Å². The molecular weight excluding hydrogens is 268 g/mol. The van der Waals surface area contributed by atoms with Crippen LogP contribution in [0.15, 0.2) is 0 Å². The van der Waals surface area contributed by atoms with E-state index in [1.165, 1.54) is 25.7 Å². The second-order valence-electron chi connectivity index (χ2n) is 6.65. The Balaban J connectivity index is 1.42. The van der Waals surface area contributed by atoms with Gasteiger partial charge >= 0.3 is 6.03 Å². The van der Waals surface area contributed by atoms with E-state index in [9.17, 15) is 9.59 Å². The number of imide groups is 1. The molecule has 3 fully saturated rings. The third-order valence-electron chi connectivity index (χ3n) is 4.53. The van der Waals surface area contributed by atoms with Crippen LogP contribution in [0.3, 0.4) is 0 Å². The van der Waals surface area contributed by atoms with E-state index >= 15 is 0 Å². The Morgan fingerprint density at radius 2 is 1.76 bits per heavy atom. The number of nitrogens with one attached hydrogen (secondary N) is 3. The molecule has 2 aliphatic carbocycles. The Kier molecular flexibility index (Phi) is 4.75. The fraction of sp³-hybridized carbons (Fsp3) is 0.867. The fourth-order valence-electron chi connectivity index (χ4n) is 2.98. The third-order valence-corrected chi connectivity index (χ3v) is 4.53. The van der Waals surface area contributed by atoms with E-state index < -0.39 is 0 Å². The summed E-state index contributed by atoms with van der Waals surface area (Å²) in [6, 6.07) is 0.504. The number of rotatable bonds is 6. The zero-order chi connectivity index (χ0) is 14.7. The zero-order valence-corrected chi connectivity index (χ0v) is 12.6. The van der Waals surface area contributed by atoms with Gasteiger partial charge < -0.3 is 10.6 Å². The van der Waals surface area contributed by atoms with Crippen molar-refractivity contribution in [1.29, 1.82) is 0 Å². The van der Waals surface area contributed by atoms with Gasteiger partial charge in [-0.15, -0.1) is 0 Å². The van der Waals surface area contributed by atoms with Crippen molar-refractivity contribution < 1.29 is 9.59 Å². The molecule has 118 valence electrons. The molecule has 0 bridgehead atoms. The highest BCUT2D eigenvalue weighted by Gasteiger charge is 2.32. The summed E-state index contributed by atoms with van der Waals surface area (Å²) < 4.78 is 0. The number of urea groups is 1. The lowest BCUT2D eigenvalue weighted by Gasteiger charge is -2.29. The summed E-state index contributed by atoms with van der Waals surface area (Å²) in [7, 11) is 0. The molecule has 0 atom stereocenters. The first-order valence-electron chi connectivity index (χ1n) is 8.26. The van der Waals surface area contributed by atoms with Gasteiger partial charge in [0.05, 0.1) is 6.54 Å². The topological polar surface area (TPSA) is 73.5 Å². The van der Waals surface area contributed by atoms with E-state index in [4.69, 9.17) is 0 Å². The Morgan fingerprint density at radius 1 is 1.05 bits per heavy atom. The van der Waals surface area contributed by atoms with Crippen LogP contribution in [-0.2, 0) is 4.79 Å². The number of carbonyl (C=O) groups is 2. The van der Waals surface area contributed by atoms with Gasteiger partial charge in [-0.05, 0) is 57.5 Å². The van der Waals surface area contributed by atoms with Gasteiger partial charge in [0.2, 0.25) is 5.91 Å². The standard InChI is InChI=1S/C15H26N4O2/c20-14(18-15(21)17-12-1-2-12)10-19(13-3-4-13)9-11-5-7-16-8-6-11/h11-13,16H,1-10H2,(H2,17,18,20,21). The highest BCUT2D eigenvalue weighted by molar-refractivity contribution is 5.95. The Labute approximate surface area is 126 Å². The molecule has 1 saturated heterocycles. The van der Waals surface area contributed by atoms with Crippen LogP contribution in [0.25, 0.3) is 0 Å². The highest BCUT2D eigenvalue weighted by atomic mass is 16.2. The van der Waals surface area contributed by atoms with Gasteiger partial charge in [0, 0.05) is 18.6 Å². The molecule has 2 saturated carbocycles. The molecule has 0 unspecified atom stereocenters. The van der Waals surface area contributed by atoms with Crippen molar-refractivity contribution >= 4 is 11.9 Å². The molecule has 0 aromatic rings. The molecule has 6 nitrogen and oxygen atoms in total. The van der Waals surface area contributed by atoms with Crippen LogP contribution in [0.2, 0.25) is 0 Å². The SMILES string of the molecule is O=C(CN(CC1CCNCC1)C1CC1)NC(=O)NC1CC1. The second-order valence-corrected chi connectivity index (χ2v) is 6.65. The minimum atomic E-state index is -0.333. The van der Waals surface area contributed by atoms with Gasteiger partial charge in [-0.3, -0.25) is 15.0 Å². The van der Waals surface area contributed by atoms with E-state index in [0.29, 0.717) is 18.5 Å². The van der Waals surface area contributed by atoms with Gasteiger partial charge in [-0.1, -0.05) is 0 Å². The quantitative estimate of drug-likeness (QED) is 0.664. The Bertz CT molecular complexity index is 387. The van der Waals surface area contributed by atoms with Crippen LogP contribution >= 0.6 is 0 Å². The van der Waals surface area contributed by atoms with Gasteiger partial charge in [0.15, 0.2) is 0 Å². The molecule has 3 rings (SSSR count). The van der Waals surface area contributed by atoms with Crippen LogP contribution in [0.4, 0.5) is 4.79 Å². The Hall–Kier alpha value is -1.14. The zero-order valence-electron chi connectivity index (χ0n) is 12.6. The van der Waals surface area contributed by atoms with Gasteiger partial charge in [-0.2, -0.15) is 0 Å². The smallest absolute Gasteiger partial charge is 0.321 e. The highest BCUT2D eigenvalue weighted by Crippen LogP contribution is 2.28. The van der Waals surface area contributed by atoms with Gasteiger partial charge in [-0.25, -0.2) is 4.79 Å². The summed E-state index contributed by atoms with van der Waals surface area (Å²) >= 11 is 0. The first kappa shape index (κ1) is 14.8. The fourth-order valence-corrected chi connectivity index (χ4v) is 2.98. The van der Waals surface area contributed by atoms with Gasteiger partial charge in [0.1, 0.15) is 0 Å². The van der Waals surface area contributed by atoms with Crippen molar-refractivity contribution in [2.24, 2.45) is 5.92 Å². The lowest BCUT2D eigenvalue weighted by molar-refractivity contribution is -0.121. The molecule has 0 aromatic heterocycles. The number of amides is 3. The van der Waals surface area contributed by atoms with E-state index in [0.717, 1.165) is 32.5 Å². The predicted octanol–water partition coefficient (Wildman–Crippen LogP) is 0.439. The summed E-state index contributed by atoms with van der Waals surface area (Å²) in [5, 5.41) is 8.62. The molecule has 3 N–H and O–H groups in total. The first-order chi connectivity index (χ1) is 10.2. The number of hydrogen-bond donors (Lipinski definition) is 3. The van der Waals surface area contributed by atoms with Crippen LogP contribution in [-0.4, -0.2) is 55.1 Å². The van der Waals surface area contributed by atoms with Crippen molar-refractivity contribution in [3.8, 4) is 0 Å². The maximum absolute atomic E-state index is 12.0. The van der Waals surface area contributed by atoms with Crippen LogP contribution < -0.4 is 16.0 Å². The largest absolute Gasteiger partial charge is 0.335 e. The monoisotopic (exact) mass is 294 g/mol. The maximum Gasteiger partial charge on any atom is 0.321 e. The lowest BCUT2D eigenvalue weighted by Crippen LogP contribution is -2.47. The van der Waals surface area contributed by atoms with E-state index in [2.05, 4.69) is 20.9 Å². The molecule has 21 heavy (non-hydrogen) atoms. The predicted molar refractivity (Wildman–Crippen MR) is 79.9 cm³/mol. The van der Waals surface area contributed by atoms with E-state index in [-0.39, 0.29) is 18.0 Å². The average Bonchev–Trinajstić information content (AvgIpc) is 3.33. The van der Waals surface area contributed by atoms with Crippen LogP contribution in [0, 0.1) is 5.92 Å². The minimum absolute atomic E-state index is 0.172. The molecule has 0 aromatic carbocycles. The average molecular weight is 294 g/mol. The molecule has 0 spiro atoms. The van der Waals surface area contributed by atoms with Crippen LogP contribution in [0.1, 0.15) is 38.5 Å². The molecule has 1 aliphatic heterocycles. The molecule has 1 heterocycles. The van der Waals surface area contributed by atoms with Crippen molar-refractivity contribution in [3.05, 3.63) is 0 Å². The van der Waals surface area contributed by atoms with Crippen molar-refractivity contribution in [1.82, 2.24) is 20.9 Å². The molecule has 6 heteroatoms. The van der Waals surface area contributed by atoms with Crippen molar-refractivity contribution in [2.45, 2.75) is 50.6 Å². The first-order valence-corrected chi connectivity index (χ1v) is 8.26. The Morgan fingerprint density at radius 3 is 2.38 bits per heavy atom. The normalized spacial score (nSPS) is 23.1. The van der Waals surface area contributed by atoms with Crippen molar-refractivity contribution in [2.75, 3.05) is 26.2 Å². The van der Waals surface area contributed by atoms with Gasteiger partial charge in [0.25, 0.3) is 0 Å². The molecule has 3 amide bonds. The summed E-state index contributed by atoms with van der Waals surface area (Å²) in [5.74, 6) is 0.508. The van der Waals surface area contributed by atoms with E-state index in [1.807, 2.05) is 0 Å². The number of piperidine rings is 1. The second kappa shape index (κ2) is 6.75. The molecular formula is C15H26N4O2.